The molecule has 0 bridgehead atoms. The monoisotopic (exact) mass is 294 g/mol. The summed E-state index contributed by atoms with van der Waals surface area (Å²) in [5, 5.41) is 7.63. The average Bonchev–Trinajstić information content (AvgIpc) is 2.87. The van der Waals surface area contributed by atoms with Crippen LogP contribution in [-0.4, -0.2) is 10.2 Å². The van der Waals surface area contributed by atoms with Crippen molar-refractivity contribution in [1.29, 1.82) is 0 Å². The molecule has 100 valence electrons. The van der Waals surface area contributed by atoms with Gasteiger partial charge in [-0.1, -0.05) is 23.7 Å². The van der Waals surface area contributed by atoms with Crippen molar-refractivity contribution in [1.82, 2.24) is 10.2 Å². The predicted molar refractivity (Wildman–Crippen MR) is 77.1 cm³/mol. The Morgan fingerprint density at radius 3 is 2.32 bits per heavy atom. The highest BCUT2D eigenvalue weighted by Gasteiger charge is 2.26. The van der Waals surface area contributed by atoms with Gasteiger partial charge in [0.2, 0.25) is 5.89 Å². The number of benzene rings is 1. The quantitative estimate of drug-likeness (QED) is 0.807. The largest absolute Gasteiger partial charge is 0.414 e. The first-order valence-electron chi connectivity index (χ1n) is 6.53. The molecule has 1 aliphatic carbocycles. The van der Waals surface area contributed by atoms with Crippen LogP contribution in [0.1, 0.15) is 49.0 Å². The maximum atomic E-state index is 5.92. The third kappa shape index (κ3) is 2.90. The topological polar surface area (TPSA) is 41.8 Å². The molecule has 0 radical (unpaired) electrons. The third-order valence-corrected chi connectivity index (χ3v) is 4.30. The Morgan fingerprint density at radius 2 is 1.74 bits per heavy atom. The molecule has 1 saturated carbocycles. The van der Waals surface area contributed by atoms with Crippen molar-refractivity contribution >= 4 is 23.8 Å². The van der Waals surface area contributed by atoms with Gasteiger partial charge >= 0.3 is 0 Å². The van der Waals surface area contributed by atoms with Gasteiger partial charge < -0.3 is 4.42 Å². The molecule has 1 fully saturated rings. The normalized spacial score (nSPS) is 23.4. The zero-order valence-corrected chi connectivity index (χ0v) is 12.0. The second-order valence-corrected chi connectivity index (χ2v) is 5.86. The van der Waals surface area contributed by atoms with Crippen LogP contribution < -0.4 is 0 Å². The maximum Gasteiger partial charge on any atom is 0.284 e. The van der Waals surface area contributed by atoms with Crippen LogP contribution in [-0.2, 0) is 0 Å². The summed E-state index contributed by atoms with van der Waals surface area (Å²) in [6.45, 7) is 0. The fourth-order valence-electron chi connectivity index (χ4n) is 2.82. The summed E-state index contributed by atoms with van der Waals surface area (Å²) >= 11 is 10.8. The fourth-order valence-corrected chi connectivity index (χ4v) is 3.08. The Hall–Kier alpha value is -1.13. The molecule has 0 unspecified atom stereocenters. The Labute approximate surface area is 122 Å². The molecular formula is C14H15ClN2OS. The number of rotatable bonds is 2. The number of nitrogens with one attached hydrogen (secondary N) is 1. The molecule has 19 heavy (non-hydrogen) atoms. The van der Waals surface area contributed by atoms with Gasteiger partial charge in [0.15, 0.2) is 0 Å². The van der Waals surface area contributed by atoms with E-state index in [1.165, 1.54) is 5.56 Å². The molecule has 3 nitrogen and oxygen atoms in total. The molecule has 0 amide bonds. The summed E-state index contributed by atoms with van der Waals surface area (Å²) in [5.41, 5.74) is 1.38. The fraction of sp³-hybridized carbons (Fsp3) is 0.429. The maximum absolute atomic E-state index is 5.92. The predicted octanol–water partition coefficient (Wildman–Crippen LogP) is 4.83. The van der Waals surface area contributed by atoms with Crippen LogP contribution in [0.4, 0.5) is 0 Å². The lowest BCUT2D eigenvalue weighted by molar-refractivity contribution is 0.336. The molecule has 0 saturated heterocycles. The van der Waals surface area contributed by atoms with Crippen LogP contribution in [0, 0.1) is 4.84 Å². The summed E-state index contributed by atoms with van der Waals surface area (Å²) in [5.74, 6) is 1.78. The van der Waals surface area contributed by atoms with Gasteiger partial charge in [0.05, 0.1) is 0 Å². The molecule has 0 spiro atoms. The number of halogens is 1. The Bertz CT molecular complexity index is 596. The molecule has 3 rings (SSSR count). The van der Waals surface area contributed by atoms with Crippen LogP contribution in [0.3, 0.4) is 0 Å². The van der Waals surface area contributed by atoms with Gasteiger partial charge in [0.25, 0.3) is 4.84 Å². The number of nitrogens with zero attached hydrogens (tertiary/aromatic N) is 1. The Kier molecular flexibility index (Phi) is 3.71. The highest BCUT2D eigenvalue weighted by molar-refractivity contribution is 7.71. The van der Waals surface area contributed by atoms with Crippen LogP contribution >= 0.6 is 23.8 Å². The van der Waals surface area contributed by atoms with Crippen molar-refractivity contribution in [2.75, 3.05) is 0 Å². The van der Waals surface area contributed by atoms with E-state index in [0.29, 0.717) is 16.7 Å². The minimum atomic E-state index is 0.370. The van der Waals surface area contributed by atoms with Crippen LogP contribution in [0.25, 0.3) is 0 Å². The third-order valence-electron chi connectivity index (χ3n) is 3.87. The van der Waals surface area contributed by atoms with E-state index in [0.717, 1.165) is 36.6 Å². The van der Waals surface area contributed by atoms with Crippen molar-refractivity contribution in [2.45, 2.75) is 37.5 Å². The van der Waals surface area contributed by atoms with E-state index in [1.54, 1.807) is 0 Å². The lowest BCUT2D eigenvalue weighted by Crippen LogP contribution is -2.12. The molecule has 5 heteroatoms. The molecule has 1 heterocycles. The number of aromatic nitrogens is 2. The zero-order valence-electron chi connectivity index (χ0n) is 10.4. The summed E-state index contributed by atoms with van der Waals surface area (Å²) in [7, 11) is 0. The molecule has 1 aromatic carbocycles. The van der Waals surface area contributed by atoms with Crippen molar-refractivity contribution in [3.8, 4) is 0 Å². The molecule has 2 aromatic rings. The molecular weight excluding hydrogens is 280 g/mol. The van der Waals surface area contributed by atoms with E-state index < -0.39 is 0 Å². The van der Waals surface area contributed by atoms with Gasteiger partial charge in [0.1, 0.15) is 0 Å². The minimum Gasteiger partial charge on any atom is -0.414 e. The van der Waals surface area contributed by atoms with E-state index >= 15 is 0 Å². The van der Waals surface area contributed by atoms with Crippen LogP contribution in [0.15, 0.2) is 28.7 Å². The lowest BCUT2D eigenvalue weighted by atomic mass is 9.79. The van der Waals surface area contributed by atoms with E-state index in [-0.39, 0.29) is 0 Å². The summed E-state index contributed by atoms with van der Waals surface area (Å²) in [4.78, 5) is 0.370. The first kappa shape index (κ1) is 12.9. The van der Waals surface area contributed by atoms with Crippen molar-refractivity contribution in [3.63, 3.8) is 0 Å². The molecule has 1 N–H and O–H groups in total. The zero-order chi connectivity index (χ0) is 13.2. The number of aromatic amines is 1. The lowest BCUT2D eigenvalue weighted by Gasteiger charge is -2.26. The minimum absolute atomic E-state index is 0.370. The van der Waals surface area contributed by atoms with Crippen LogP contribution in [0.2, 0.25) is 5.02 Å². The number of hydrogen-bond acceptors (Lipinski definition) is 3. The van der Waals surface area contributed by atoms with Gasteiger partial charge in [-0.25, -0.2) is 5.10 Å². The SMILES string of the molecule is S=c1[nH]nc(C2CCC(c3ccc(Cl)cc3)CC2)o1. The number of H-pyrrole nitrogens is 1. The van der Waals surface area contributed by atoms with Gasteiger partial charge in [-0.2, -0.15) is 0 Å². The summed E-state index contributed by atoms with van der Waals surface area (Å²) in [6, 6.07) is 8.20. The van der Waals surface area contributed by atoms with E-state index in [9.17, 15) is 0 Å². The highest BCUT2D eigenvalue weighted by atomic mass is 35.5. The van der Waals surface area contributed by atoms with Gasteiger partial charge in [0, 0.05) is 10.9 Å². The smallest absolute Gasteiger partial charge is 0.284 e. The van der Waals surface area contributed by atoms with Crippen molar-refractivity contribution in [2.24, 2.45) is 0 Å². The van der Waals surface area contributed by atoms with E-state index in [2.05, 4.69) is 22.3 Å². The average molecular weight is 295 g/mol. The van der Waals surface area contributed by atoms with Gasteiger partial charge in [-0.3, -0.25) is 0 Å². The summed E-state index contributed by atoms with van der Waals surface area (Å²) in [6.07, 6.45) is 4.50. The highest BCUT2D eigenvalue weighted by Crippen LogP contribution is 2.39. The molecule has 0 aliphatic heterocycles. The second kappa shape index (κ2) is 5.47. The molecule has 1 aromatic heterocycles. The van der Waals surface area contributed by atoms with Crippen LogP contribution in [0.5, 0.6) is 0 Å². The first-order chi connectivity index (χ1) is 9.22. The van der Waals surface area contributed by atoms with Crippen molar-refractivity contribution < 1.29 is 4.42 Å². The first-order valence-corrected chi connectivity index (χ1v) is 7.32. The standard InChI is InChI=1S/C14H15ClN2OS/c15-12-7-5-10(6-8-12)9-1-3-11(4-2-9)13-16-17-14(19)18-13/h5-9,11H,1-4H2,(H,17,19). The number of hydrogen-bond donors (Lipinski definition) is 1. The molecule has 1 aliphatic rings. The Balaban J connectivity index is 1.66. The molecule has 0 atom stereocenters. The van der Waals surface area contributed by atoms with E-state index in [4.69, 9.17) is 28.2 Å². The second-order valence-electron chi connectivity index (χ2n) is 5.05. The Morgan fingerprint density at radius 1 is 1.11 bits per heavy atom. The summed E-state index contributed by atoms with van der Waals surface area (Å²) < 4.78 is 5.41. The van der Waals surface area contributed by atoms with Gasteiger partial charge in [-0.05, 0) is 61.5 Å². The van der Waals surface area contributed by atoms with Gasteiger partial charge in [-0.15, -0.1) is 5.10 Å². The van der Waals surface area contributed by atoms with Crippen molar-refractivity contribution in [3.05, 3.63) is 45.6 Å². The van der Waals surface area contributed by atoms with E-state index in [1.807, 2.05) is 12.1 Å².